The van der Waals surface area contributed by atoms with Crippen LogP contribution in [0.25, 0.3) is 5.69 Å². The van der Waals surface area contributed by atoms with Gasteiger partial charge in [-0.25, -0.2) is 0 Å². The summed E-state index contributed by atoms with van der Waals surface area (Å²) < 4.78 is 3.30. The molecule has 0 aliphatic carbocycles. The standard InChI is InChI=1S/C32H26BrN5O2S2/c1-20-18-28(21(2)36(20)25-7-5-6-22(33)19-25)31-30(29-8-3-4-17-34-29)35-32(41)37(31)23-9-13-26(14-10-23)42-27-15-11-24(12-16-27)38(39)40/h3-19,30-31H,1-2H3,(H,35,41)/t30-,31+/m1/s1. The SMILES string of the molecule is Cc1cc([C@H]2[C@@H](c3ccccn3)NC(=S)N2c2ccc(Sc3ccc([N+](=O)[O-])cc3)cc2)c(C)n1-c1cccc(Br)c1. The lowest BCUT2D eigenvalue weighted by atomic mass is 9.96. The number of aryl methyl sites for hydroxylation is 1. The predicted molar refractivity (Wildman–Crippen MR) is 175 cm³/mol. The molecular formula is C32H26BrN5O2S2. The second kappa shape index (κ2) is 11.7. The van der Waals surface area contributed by atoms with Crippen LogP contribution in [0.2, 0.25) is 0 Å². The molecule has 0 saturated carbocycles. The minimum absolute atomic E-state index is 0.0810. The van der Waals surface area contributed by atoms with Crippen molar-refractivity contribution < 1.29 is 4.92 Å². The van der Waals surface area contributed by atoms with Crippen molar-refractivity contribution in [2.24, 2.45) is 0 Å². The highest BCUT2D eigenvalue weighted by Gasteiger charge is 2.42. The molecule has 7 nitrogen and oxygen atoms in total. The molecule has 1 aliphatic heterocycles. The largest absolute Gasteiger partial charge is 0.351 e. The predicted octanol–water partition coefficient (Wildman–Crippen LogP) is 8.49. The first kappa shape index (κ1) is 28.1. The van der Waals surface area contributed by atoms with Crippen molar-refractivity contribution in [3.8, 4) is 5.69 Å². The monoisotopic (exact) mass is 655 g/mol. The summed E-state index contributed by atoms with van der Waals surface area (Å²) >= 11 is 11.1. The molecule has 2 aromatic heterocycles. The molecule has 3 aromatic carbocycles. The molecule has 5 aromatic rings. The number of thiocarbonyl (C=S) groups is 1. The third kappa shape index (κ3) is 5.45. The number of non-ortho nitro benzene ring substituents is 1. The number of nitrogens with one attached hydrogen (secondary N) is 1. The van der Waals surface area contributed by atoms with E-state index in [1.165, 1.54) is 17.7 Å². The Bertz CT molecular complexity index is 1780. The van der Waals surface area contributed by atoms with Crippen LogP contribution in [0, 0.1) is 24.0 Å². The maximum absolute atomic E-state index is 11.0. The van der Waals surface area contributed by atoms with Gasteiger partial charge in [0.1, 0.15) is 0 Å². The summed E-state index contributed by atoms with van der Waals surface area (Å²) in [7, 11) is 0. The molecule has 0 unspecified atom stereocenters. The zero-order valence-electron chi connectivity index (χ0n) is 22.8. The molecule has 0 bridgehead atoms. The van der Waals surface area contributed by atoms with E-state index < -0.39 is 0 Å². The quantitative estimate of drug-likeness (QED) is 0.107. The zero-order valence-corrected chi connectivity index (χ0v) is 26.0. The van der Waals surface area contributed by atoms with Crippen molar-refractivity contribution in [1.82, 2.24) is 14.9 Å². The number of hydrogen-bond acceptors (Lipinski definition) is 5. The normalized spacial score (nSPS) is 16.5. The van der Waals surface area contributed by atoms with Crippen molar-refractivity contribution in [2.45, 2.75) is 35.7 Å². The van der Waals surface area contributed by atoms with E-state index in [1.807, 2.05) is 36.5 Å². The summed E-state index contributed by atoms with van der Waals surface area (Å²) in [6.45, 7) is 4.28. The number of pyridine rings is 1. The highest BCUT2D eigenvalue weighted by Crippen LogP contribution is 2.44. The fraction of sp³-hybridized carbons (Fsp3) is 0.125. The van der Waals surface area contributed by atoms with Crippen LogP contribution in [-0.2, 0) is 0 Å². The van der Waals surface area contributed by atoms with Crippen LogP contribution in [0.4, 0.5) is 11.4 Å². The second-order valence-corrected chi connectivity index (χ2v) is 12.4. The number of rotatable bonds is 7. The molecule has 10 heteroatoms. The number of nitro groups is 1. The molecule has 6 rings (SSSR count). The molecule has 1 N–H and O–H groups in total. The van der Waals surface area contributed by atoms with E-state index in [9.17, 15) is 10.1 Å². The topological polar surface area (TPSA) is 76.2 Å². The van der Waals surface area contributed by atoms with E-state index in [1.54, 1.807) is 23.9 Å². The average molecular weight is 657 g/mol. The Hall–Kier alpha value is -3.99. The van der Waals surface area contributed by atoms with E-state index in [2.05, 4.69) is 87.0 Å². The number of halogens is 1. The molecule has 2 atom stereocenters. The Kier molecular flexibility index (Phi) is 7.85. The van der Waals surface area contributed by atoms with Gasteiger partial charge in [-0.15, -0.1) is 0 Å². The van der Waals surface area contributed by atoms with Crippen molar-refractivity contribution in [3.63, 3.8) is 0 Å². The molecule has 1 aliphatic rings. The van der Waals surface area contributed by atoms with Crippen LogP contribution in [0.3, 0.4) is 0 Å². The van der Waals surface area contributed by atoms with Gasteiger partial charge in [0.25, 0.3) is 5.69 Å². The van der Waals surface area contributed by atoms with E-state index in [0.717, 1.165) is 42.7 Å². The van der Waals surface area contributed by atoms with E-state index in [-0.39, 0.29) is 22.7 Å². The summed E-state index contributed by atoms with van der Waals surface area (Å²) in [6.07, 6.45) is 1.81. The first-order valence-electron chi connectivity index (χ1n) is 13.3. The molecule has 42 heavy (non-hydrogen) atoms. The zero-order chi connectivity index (χ0) is 29.4. The first-order valence-corrected chi connectivity index (χ1v) is 15.3. The van der Waals surface area contributed by atoms with Gasteiger partial charge in [-0.2, -0.15) is 0 Å². The first-order chi connectivity index (χ1) is 20.3. The number of aromatic nitrogens is 2. The van der Waals surface area contributed by atoms with Crippen LogP contribution in [-0.4, -0.2) is 19.6 Å². The van der Waals surface area contributed by atoms with Crippen LogP contribution < -0.4 is 10.2 Å². The minimum Gasteiger partial charge on any atom is -0.351 e. The second-order valence-electron chi connectivity index (χ2n) is 9.99. The van der Waals surface area contributed by atoms with Crippen LogP contribution in [0.1, 0.15) is 34.7 Å². The van der Waals surface area contributed by atoms with Gasteiger partial charge in [-0.3, -0.25) is 15.1 Å². The summed E-state index contributed by atoms with van der Waals surface area (Å²) in [5, 5.41) is 15.2. The number of nitro benzene ring substituents is 1. The third-order valence-electron chi connectivity index (χ3n) is 7.35. The molecular weight excluding hydrogens is 630 g/mol. The highest BCUT2D eigenvalue weighted by atomic mass is 79.9. The van der Waals surface area contributed by atoms with Gasteiger partial charge in [0.2, 0.25) is 0 Å². The van der Waals surface area contributed by atoms with Crippen LogP contribution in [0.5, 0.6) is 0 Å². The summed E-state index contributed by atoms with van der Waals surface area (Å²) in [5.41, 5.74) is 6.50. The number of hydrogen-bond donors (Lipinski definition) is 1. The van der Waals surface area contributed by atoms with Crippen molar-refractivity contribution >= 4 is 56.4 Å². The van der Waals surface area contributed by atoms with Gasteiger partial charge >= 0.3 is 0 Å². The van der Waals surface area contributed by atoms with Gasteiger partial charge in [0, 0.05) is 55.4 Å². The van der Waals surface area contributed by atoms with E-state index in [0.29, 0.717) is 5.11 Å². The van der Waals surface area contributed by atoms with Gasteiger partial charge in [-0.1, -0.05) is 39.8 Å². The number of benzene rings is 3. The lowest BCUT2D eigenvalue weighted by molar-refractivity contribution is -0.384. The smallest absolute Gasteiger partial charge is 0.269 e. The molecule has 1 fully saturated rings. The third-order valence-corrected chi connectivity index (χ3v) is 9.18. The Morgan fingerprint density at radius 3 is 2.29 bits per heavy atom. The lowest BCUT2D eigenvalue weighted by Gasteiger charge is -2.28. The lowest BCUT2D eigenvalue weighted by Crippen LogP contribution is -2.29. The van der Waals surface area contributed by atoms with E-state index >= 15 is 0 Å². The molecule has 0 radical (unpaired) electrons. The van der Waals surface area contributed by atoms with Gasteiger partial charge in [0.15, 0.2) is 5.11 Å². The minimum atomic E-state index is -0.388. The molecule has 0 amide bonds. The summed E-state index contributed by atoms with van der Waals surface area (Å²) in [6, 6.07) is 31.1. The Labute approximate surface area is 261 Å². The average Bonchev–Trinajstić information content (AvgIpc) is 3.48. The molecule has 1 saturated heterocycles. The highest BCUT2D eigenvalue weighted by molar-refractivity contribution is 9.10. The van der Waals surface area contributed by atoms with Crippen molar-refractivity contribution in [1.29, 1.82) is 0 Å². The van der Waals surface area contributed by atoms with Crippen molar-refractivity contribution in [2.75, 3.05) is 4.90 Å². The van der Waals surface area contributed by atoms with Crippen LogP contribution in [0.15, 0.2) is 118 Å². The Morgan fingerprint density at radius 2 is 1.64 bits per heavy atom. The molecule has 3 heterocycles. The summed E-state index contributed by atoms with van der Waals surface area (Å²) in [5.74, 6) is 0. The Balaban J connectivity index is 1.37. The van der Waals surface area contributed by atoms with Crippen LogP contribution >= 0.6 is 39.9 Å². The van der Waals surface area contributed by atoms with Gasteiger partial charge < -0.3 is 14.8 Å². The maximum atomic E-state index is 11.0. The molecule has 210 valence electrons. The van der Waals surface area contributed by atoms with Crippen molar-refractivity contribution in [3.05, 3.63) is 140 Å². The fourth-order valence-corrected chi connectivity index (χ4v) is 7.04. The number of nitrogens with zero attached hydrogens (tertiary/aromatic N) is 4. The fourth-order valence-electron chi connectivity index (χ4n) is 5.50. The maximum Gasteiger partial charge on any atom is 0.269 e. The van der Waals surface area contributed by atoms with E-state index in [4.69, 9.17) is 17.2 Å². The molecule has 0 spiro atoms. The van der Waals surface area contributed by atoms with Gasteiger partial charge in [0.05, 0.1) is 22.7 Å². The number of anilines is 1. The summed E-state index contributed by atoms with van der Waals surface area (Å²) in [4.78, 5) is 19.4. The van der Waals surface area contributed by atoms with Gasteiger partial charge in [-0.05, 0) is 104 Å². The Morgan fingerprint density at radius 1 is 0.929 bits per heavy atom.